The Morgan fingerprint density at radius 2 is 2.44 bits per heavy atom. The van der Waals surface area contributed by atoms with Crippen LogP contribution >= 0.6 is 11.3 Å². The highest BCUT2D eigenvalue weighted by Crippen LogP contribution is 2.22. The van der Waals surface area contributed by atoms with Crippen LogP contribution in [-0.2, 0) is 5.60 Å². The normalized spacial score (nSPS) is 16.7. The average Bonchev–Trinajstić information content (AvgIpc) is 2.77. The number of allylic oxidation sites excluding steroid dienone is 1. The molecule has 0 aliphatic rings. The number of nitrogens with one attached hydrogen (secondary N) is 1. The van der Waals surface area contributed by atoms with Crippen LogP contribution < -0.4 is 5.32 Å². The summed E-state index contributed by atoms with van der Waals surface area (Å²) in [6, 6.07) is 2.38. The van der Waals surface area contributed by atoms with Crippen LogP contribution in [0.5, 0.6) is 0 Å². The third kappa shape index (κ3) is 4.08. The molecule has 2 N–H and O–H groups in total. The van der Waals surface area contributed by atoms with E-state index in [0.29, 0.717) is 12.6 Å². The molecule has 2 atom stereocenters. The Morgan fingerprint density at radius 1 is 1.69 bits per heavy atom. The fraction of sp³-hybridized carbons (Fsp3) is 0.538. The molecule has 0 bridgehead atoms. The molecule has 0 amide bonds. The van der Waals surface area contributed by atoms with Crippen molar-refractivity contribution in [3.05, 3.63) is 35.0 Å². The maximum Gasteiger partial charge on any atom is 0.1000 e. The number of thiophene rings is 1. The Balaban J connectivity index is 2.39. The smallest absolute Gasteiger partial charge is 0.1000 e. The minimum Gasteiger partial charge on any atom is -0.384 e. The van der Waals surface area contributed by atoms with Crippen molar-refractivity contribution in [2.45, 2.75) is 38.3 Å². The van der Waals surface area contributed by atoms with Gasteiger partial charge in [-0.25, -0.2) is 0 Å². The van der Waals surface area contributed by atoms with Crippen molar-refractivity contribution in [1.82, 2.24) is 5.32 Å². The van der Waals surface area contributed by atoms with Crippen LogP contribution in [0.25, 0.3) is 0 Å². The molecule has 0 aliphatic carbocycles. The first-order valence-corrected chi connectivity index (χ1v) is 6.60. The van der Waals surface area contributed by atoms with Crippen molar-refractivity contribution in [1.29, 1.82) is 0 Å². The monoisotopic (exact) mass is 239 g/mol. The zero-order chi connectivity index (χ0) is 12.0. The highest BCUT2D eigenvalue weighted by Gasteiger charge is 2.23. The summed E-state index contributed by atoms with van der Waals surface area (Å²) < 4.78 is 0. The van der Waals surface area contributed by atoms with Gasteiger partial charge in [0.2, 0.25) is 0 Å². The molecule has 1 rings (SSSR count). The van der Waals surface area contributed by atoms with Crippen molar-refractivity contribution >= 4 is 11.3 Å². The van der Waals surface area contributed by atoms with E-state index in [1.165, 1.54) is 0 Å². The van der Waals surface area contributed by atoms with Gasteiger partial charge in [0.15, 0.2) is 0 Å². The number of hydrogen-bond acceptors (Lipinski definition) is 3. The number of aliphatic hydroxyl groups is 1. The molecule has 0 aromatic carbocycles. The van der Waals surface area contributed by atoms with Gasteiger partial charge < -0.3 is 10.4 Å². The Morgan fingerprint density at radius 3 is 3.00 bits per heavy atom. The SMILES string of the molecule is C=CCCC(C)NCC(C)(O)c1ccsc1. The minimum atomic E-state index is -0.775. The summed E-state index contributed by atoms with van der Waals surface area (Å²) in [4.78, 5) is 0. The van der Waals surface area contributed by atoms with Gasteiger partial charge in [0.25, 0.3) is 0 Å². The molecule has 2 unspecified atom stereocenters. The summed E-state index contributed by atoms with van der Waals surface area (Å²) in [6.45, 7) is 8.27. The van der Waals surface area contributed by atoms with Crippen molar-refractivity contribution in [3.63, 3.8) is 0 Å². The van der Waals surface area contributed by atoms with E-state index in [-0.39, 0.29) is 0 Å². The molecule has 1 aromatic rings. The van der Waals surface area contributed by atoms with E-state index in [2.05, 4.69) is 18.8 Å². The summed E-state index contributed by atoms with van der Waals surface area (Å²) in [6.07, 6.45) is 3.99. The summed E-state index contributed by atoms with van der Waals surface area (Å²) in [5.41, 5.74) is 0.212. The molecule has 16 heavy (non-hydrogen) atoms. The molecule has 1 aromatic heterocycles. The summed E-state index contributed by atoms with van der Waals surface area (Å²) in [7, 11) is 0. The topological polar surface area (TPSA) is 32.3 Å². The molecular formula is C13H21NOS. The zero-order valence-electron chi connectivity index (χ0n) is 10.1. The first kappa shape index (κ1) is 13.4. The van der Waals surface area contributed by atoms with E-state index in [1.807, 2.05) is 29.8 Å². The van der Waals surface area contributed by atoms with Gasteiger partial charge in [-0.1, -0.05) is 6.08 Å². The Kier molecular flexibility index (Phi) is 5.19. The van der Waals surface area contributed by atoms with Crippen molar-refractivity contribution < 1.29 is 5.11 Å². The van der Waals surface area contributed by atoms with Gasteiger partial charge in [-0.15, -0.1) is 6.58 Å². The lowest BCUT2D eigenvalue weighted by atomic mass is 9.99. The summed E-state index contributed by atoms with van der Waals surface area (Å²) in [5, 5.41) is 17.6. The summed E-state index contributed by atoms with van der Waals surface area (Å²) in [5.74, 6) is 0. The Labute approximate surface area is 102 Å². The number of hydrogen-bond donors (Lipinski definition) is 2. The van der Waals surface area contributed by atoms with Crippen LogP contribution in [0.4, 0.5) is 0 Å². The first-order valence-electron chi connectivity index (χ1n) is 5.65. The van der Waals surface area contributed by atoms with Crippen molar-refractivity contribution in [3.8, 4) is 0 Å². The molecule has 0 fully saturated rings. The predicted octanol–water partition coefficient (Wildman–Crippen LogP) is 2.90. The van der Waals surface area contributed by atoms with Crippen molar-refractivity contribution in [2.75, 3.05) is 6.54 Å². The molecule has 0 saturated heterocycles. The van der Waals surface area contributed by atoms with Gasteiger partial charge in [0.05, 0.1) is 5.60 Å². The van der Waals surface area contributed by atoms with Gasteiger partial charge in [-0.05, 0) is 49.1 Å². The maximum absolute atomic E-state index is 10.3. The third-order valence-corrected chi connectivity index (χ3v) is 3.42. The fourth-order valence-electron chi connectivity index (χ4n) is 1.52. The molecular weight excluding hydrogens is 218 g/mol. The second-order valence-electron chi connectivity index (χ2n) is 4.43. The fourth-order valence-corrected chi connectivity index (χ4v) is 2.30. The Hall–Kier alpha value is -0.640. The van der Waals surface area contributed by atoms with Gasteiger partial charge in [-0.3, -0.25) is 0 Å². The highest BCUT2D eigenvalue weighted by molar-refractivity contribution is 7.08. The van der Waals surface area contributed by atoms with Crippen LogP contribution in [-0.4, -0.2) is 17.7 Å². The minimum absolute atomic E-state index is 0.406. The van der Waals surface area contributed by atoms with Crippen LogP contribution in [0.3, 0.4) is 0 Å². The van der Waals surface area contributed by atoms with Crippen LogP contribution in [0.2, 0.25) is 0 Å². The maximum atomic E-state index is 10.3. The second-order valence-corrected chi connectivity index (χ2v) is 5.21. The molecule has 1 heterocycles. The molecule has 90 valence electrons. The van der Waals surface area contributed by atoms with E-state index in [9.17, 15) is 5.11 Å². The predicted molar refractivity (Wildman–Crippen MR) is 70.8 cm³/mol. The van der Waals surface area contributed by atoms with E-state index in [1.54, 1.807) is 11.3 Å². The average molecular weight is 239 g/mol. The van der Waals surface area contributed by atoms with Gasteiger partial charge in [0.1, 0.15) is 0 Å². The van der Waals surface area contributed by atoms with Crippen LogP contribution in [0, 0.1) is 0 Å². The highest BCUT2D eigenvalue weighted by atomic mass is 32.1. The molecule has 0 radical (unpaired) electrons. The second kappa shape index (κ2) is 6.18. The van der Waals surface area contributed by atoms with Gasteiger partial charge in [-0.2, -0.15) is 11.3 Å². The van der Waals surface area contributed by atoms with E-state index in [4.69, 9.17) is 0 Å². The lowest BCUT2D eigenvalue weighted by Gasteiger charge is -2.25. The van der Waals surface area contributed by atoms with Crippen molar-refractivity contribution in [2.24, 2.45) is 0 Å². The van der Waals surface area contributed by atoms with E-state index < -0.39 is 5.60 Å². The standard InChI is InChI=1S/C13H21NOS/c1-4-5-6-11(2)14-10-13(3,15)12-7-8-16-9-12/h4,7-9,11,14-15H,1,5-6,10H2,2-3H3. The quantitative estimate of drug-likeness (QED) is 0.717. The van der Waals surface area contributed by atoms with Crippen LogP contribution in [0.15, 0.2) is 29.5 Å². The zero-order valence-corrected chi connectivity index (χ0v) is 10.9. The van der Waals surface area contributed by atoms with E-state index >= 15 is 0 Å². The lowest BCUT2D eigenvalue weighted by Crippen LogP contribution is -2.39. The summed E-state index contributed by atoms with van der Waals surface area (Å²) >= 11 is 1.61. The lowest BCUT2D eigenvalue weighted by molar-refractivity contribution is 0.0546. The van der Waals surface area contributed by atoms with Gasteiger partial charge >= 0.3 is 0 Å². The molecule has 2 nitrogen and oxygen atoms in total. The van der Waals surface area contributed by atoms with Crippen LogP contribution in [0.1, 0.15) is 32.3 Å². The third-order valence-electron chi connectivity index (χ3n) is 2.74. The van der Waals surface area contributed by atoms with E-state index in [0.717, 1.165) is 18.4 Å². The van der Waals surface area contributed by atoms with Gasteiger partial charge in [0, 0.05) is 12.6 Å². The first-order chi connectivity index (χ1) is 7.56. The number of rotatable bonds is 7. The molecule has 0 saturated carbocycles. The molecule has 3 heteroatoms. The molecule has 0 spiro atoms. The Bertz CT molecular complexity index is 306. The molecule has 0 aliphatic heterocycles. The largest absolute Gasteiger partial charge is 0.384 e.